The van der Waals surface area contributed by atoms with Gasteiger partial charge in [0.25, 0.3) is 0 Å². The highest BCUT2D eigenvalue weighted by Gasteiger charge is 2.13. The Bertz CT molecular complexity index is 1030. The van der Waals surface area contributed by atoms with Crippen LogP contribution < -0.4 is 5.32 Å². The van der Waals surface area contributed by atoms with Gasteiger partial charge in [-0.1, -0.05) is 36.4 Å². The zero-order chi connectivity index (χ0) is 19.2. The Hall–Kier alpha value is -3.25. The van der Waals surface area contributed by atoms with E-state index >= 15 is 0 Å². The van der Waals surface area contributed by atoms with E-state index in [2.05, 4.69) is 15.3 Å². The van der Waals surface area contributed by atoms with E-state index in [1.54, 1.807) is 12.3 Å². The summed E-state index contributed by atoms with van der Waals surface area (Å²) in [7, 11) is 0. The van der Waals surface area contributed by atoms with Crippen molar-refractivity contribution in [2.45, 2.75) is 13.0 Å². The zero-order valence-electron chi connectivity index (χ0n) is 15.4. The Morgan fingerprint density at radius 2 is 1.86 bits per heavy atom. The maximum Gasteiger partial charge on any atom is 0.209 e. The summed E-state index contributed by atoms with van der Waals surface area (Å²) in [6.45, 7) is 1.93. The molecule has 0 fully saturated rings. The first-order chi connectivity index (χ1) is 13.8. The number of pyridine rings is 1. The molecule has 0 saturated carbocycles. The molecule has 4 rings (SSSR count). The molecule has 1 N–H and O–H groups in total. The van der Waals surface area contributed by atoms with Gasteiger partial charge in [-0.25, -0.2) is 14.4 Å². The lowest BCUT2D eigenvalue weighted by Crippen LogP contribution is -2.10. The van der Waals surface area contributed by atoms with E-state index in [9.17, 15) is 4.39 Å². The van der Waals surface area contributed by atoms with Crippen LogP contribution in [0.5, 0.6) is 0 Å². The second kappa shape index (κ2) is 8.63. The summed E-state index contributed by atoms with van der Waals surface area (Å²) >= 11 is 0. The number of benzene rings is 2. The number of hydrogen-bond acceptors (Lipinski definition) is 4. The second-order valence-electron chi connectivity index (χ2n) is 6.41. The Balaban J connectivity index is 1.42. The van der Waals surface area contributed by atoms with Crippen LogP contribution in [-0.2, 0) is 11.3 Å². The number of nitrogens with one attached hydrogen (secondary N) is 1. The van der Waals surface area contributed by atoms with Crippen LogP contribution in [0.1, 0.15) is 12.0 Å². The minimum atomic E-state index is -0.301. The number of imidazole rings is 1. The molecular formula is C22H21FN4O. The van der Waals surface area contributed by atoms with Crippen LogP contribution in [0, 0.1) is 5.82 Å². The van der Waals surface area contributed by atoms with E-state index in [0.29, 0.717) is 37.0 Å². The van der Waals surface area contributed by atoms with Crippen LogP contribution in [0.4, 0.5) is 10.3 Å². The quantitative estimate of drug-likeness (QED) is 0.458. The predicted octanol–water partition coefficient (Wildman–Crippen LogP) is 4.58. The zero-order valence-corrected chi connectivity index (χ0v) is 15.4. The van der Waals surface area contributed by atoms with Gasteiger partial charge in [-0.15, -0.1) is 0 Å². The van der Waals surface area contributed by atoms with Crippen molar-refractivity contribution in [3.8, 4) is 5.82 Å². The lowest BCUT2D eigenvalue weighted by atomic mass is 10.2. The molecule has 4 aromatic rings. The van der Waals surface area contributed by atoms with E-state index in [0.717, 1.165) is 17.5 Å². The first kappa shape index (κ1) is 18.1. The molecular weight excluding hydrogens is 355 g/mol. The molecule has 6 heteroatoms. The molecule has 0 bridgehead atoms. The number of nitrogens with zero attached hydrogens (tertiary/aromatic N) is 3. The van der Waals surface area contributed by atoms with Crippen LogP contribution in [0.3, 0.4) is 0 Å². The molecule has 0 spiro atoms. The summed E-state index contributed by atoms with van der Waals surface area (Å²) in [6, 6.07) is 20.3. The first-order valence-electron chi connectivity index (χ1n) is 9.26. The lowest BCUT2D eigenvalue weighted by molar-refractivity contribution is 0.120. The summed E-state index contributed by atoms with van der Waals surface area (Å²) < 4.78 is 21.3. The normalized spacial score (nSPS) is 11.0. The third-order valence-corrected chi connectivity index (χ3v) is 4.36. The van der Waals surface area contributed by atoms with E-state index in [1.807, 2.05) is 53.1 Å². The Morgan fingerprint density at radius 1 is 1.00 bits per heavy atom. The number of fused-ring (bicyclic) bond motifs is 1. The average molecular weight is 376 g/mol. The minimum Gasteiger partial charge on any atom is -0.377 e. The van der Waals surface area contributed by atoms with Crippen LogP contribution in [-0.4, -0.2) is 27.7 Å². The molecule has 0 atom stereocenters. The topological polar surface area (TPSA) is 52.0 Å². The SMILES string of the molecule is Fc1ccc2nc(NCCCOCc3ccccc3)n(-c3ccccn3)c2c1. The number of ether oxygens (including phenoxy) is 1. The van der Waals surface area contributed by atoms with Crippen molar-refractivity contribution in [1.82, 2.24) is 14.5 Å². The van der Waals surface area contributed by atoms with Crippen LogP contribution in [0.2, 0.25) is 0 Å². The van der Waals surface area contributed by atoms with Gasteiger partial charge in [-0.3, -0.25) is 4.57 Å². The van der Waals surface area contributed by atoms with Gasteiger partial charge in [0.1, 0.15) is 11.6 Å². The molecule has 2 aromatic carbocycles. The van der Waals surface area contributed by atoms with Crippen LogP contribution >= 0.6 is 0 Å². The molecule has 0 saturated heterocycles. The summed E-state index contributed by atoms with van der Waals surface area (Å²) in [6.07, 6.45) is 2.54. The van der Waals surface area contributed by atoms with Gasteiger partial charge in [0.2, 0.25) is 5.95 Å². The molecule has 0 unspecified atom stereocenters. The lowest BCUT2D eigenvalue weighted by Gasteiger charge is -2.10. The fourth-order valence-electron chi connectivity index (χ4n) is 3.02. The van der Waals surface area contributed by atoms with E-state index < -0.39 is 0 Å². The standard InChI is InChI=1S/C22H21FN4O/c23-18-10-11-19-20(15-18)27(21-9-4-5-12-24-21)22(26-19)25-13-6-14-28-16-17-7-2-1-3-8-17/h1-5,7-12,15H,6,13-14,16H2,(H,25,26). The van der Waals surface area contributed by atoms with Gasteiger partial charge >= 0.3 is 0 Å². The monoisotopic (exact) mass is 376 g/mol. The molecule has 28 heavy (non-hydrogen) atoms. The first-order valence-corrected chi connectivity index (χ1v) is 9.26. The smallest absolute Gasteiger partial charge is 0.209 e. The molecule has 142 valence electrons. The third-order valence-electron chi connectivity index (χ3n) is 4.36. The Labute approximate surface area is 162 Å². The van der Waals surface area contributed by atoms with Crippen molar-refractivity contribution in [2.24, 2.45) is 0 Å². The van der Waals surface area contributed by atoms with Crippen molar-refractivity contribution < 1.29 is 9.13 Å². The maximum absolute atomic E-state index is 13.8. The molecule has 2 heterocycles. The molecule has 5 nitrogen and oxygen atoms in total. The van der Waals surface area contributed by atoms with Gasteiger partial charge in [-0.2, -0.15) is 0 Å². The number of rotatable bonds is 8. The van der Waals surface area contributed by atoms with Crippen LogP contribution in [0.25, 0.3) is 16.9 Å². The van der Waals surface area contributed by atoms with E-state index in [4.69, 9.17) is 4.74 Å². The van der Waals surface area contributed by atoms with E-state index in [1.165, 1.54) is 12.1 Å². The predicted molar refractivity (Wildman–Crippen MR) is 108 cm³/mol. The molecule has 0 aliphatic rings. The summed E-state index contributed by atoms with van der Waals surface area (Å²) in [5, 5.41) is 3.33. The third kappa shape index (κ3) is 4.18. The largest absolute Gasteiger partial charge is 0.377 e. The molecule has 0 aliphatic heterocycles. The van der Waals surface area contributed by atoms with E-state index in [-0.39, 0.29) is 5.82 Å². The van der Waals surface area contributed by atoms with Gasteiger partial charge in [0.05, 0.1) is 17.6 Å². The van der Waals surface area contributed by atoms with Gasteiger partial charge < -0.3 is 10.1 Å². The second-order valence-corrected chi connectivity index (χ2v) is 6.41. The van der Waals surface area contributed by atoms with Gasteiger partial charge in [0, 0.05) is 25.4 Å². The fraction of sp³-hybridized carbons (Fsp3) is 0.182. The van der Waals surface area contributed by atoms with Gasteiger partial charge in [-0.05, 0) is 36.2 Å². The number of hydrogen-bond donors (Lipinski definition) is 1. The highest BCUT2D eigenvalue weighted by molar-refractivity contribution is 5.80. The summed E-state index contributed by atoms with van der Waals surface area (Å²) in [5.74, 6) is 1.03. The molecule has 0 aliphatic carbocycles. The highest BCUT2D eigenvalue weighted by Crippen LogP contribution is 2.24. The minimum absolute atomic E-state index is 0.301. The number of halogens is 1. The average Bonchev–Trinajstić information content (AvgIpc) is 3.09. The summed E-state index contributed by atoms with van der Waals surface area (Å²) in [4.78, 5) is 8.99. The maximum atomic E-state index is 13.8. The number of aromatic nitrogens is 3. The van der Waals surface area contributed by atoms with Crippen molar-refractivity contribution in [3.05, 3.63) is 84.3 Å². The summed E-state index contributed by atoms with van der Waals surface area (Å²) in [5.41, 5.74) is 2.56. The van der Waals surface area contributed by atoms with Crippen LogP contribution in [0.15, 0.2) is 72.9 Å². The van der Waals surface area contributed by atoms with Crippen molar-refractivity contribution in [3.63, 3.8) is 0 Å². The van der Waals surface area contributed by atoms with Gasteiger partial charge in [0.15, 0.2) is 0 Å². The molecule has 0 amide bonds. The Morgan fingerprint density at radius 3 is 2.68 bits per heavy atom. The van der Waals surface area contributed by atoms with Crippen molar-refractivity contribution in [1.29, 1.82) is 0 Å². The molecule has 2 aromatic heterocycles. The molecule has 0 radical (unpaired) electrons. The van der Waals surface area contributed by atoms with Crippen molar-refractivity contribution >= 4 is 17.0 Å². The van der Waals surface area contributed by atoms with Crippen molar-refractivity contribution in [2.75, 3.05) is 18.5 Å². The number of anilines is 1. The highest BCUT2D eigenvalue weighted by atomic mass is 19.1. The fourth-order valence-corrected chi connectivity index (χ4v) is 3.02. The Kier molecular flexibility index (Phi) is 5.58.